The zero-order chi connectivity index (χ0) is 14.9. The highest BCUT2D eigenvalue weighted by molar-refractivity contribution is 8.14. The van der Waals surface area contributed by atoms with Crippen molar-refractivity contribution in [2.45, 2.75) is 57.9 Å². The quantitative estimate of drug-likeness (QED) is 0.784. The fourth-order valence-electron chi connectivity index (χ4n) is 3.17. The lowest BCUT2D eigenvalue weighted by atomic mass is 9.86. The summed E-state index contributed by atoms with van der Waals surface area (Å²) in [5, 5.41) is 4.62. The Morgan fingerprint density at radius 1 is 1.10 bits per heavy atom. The van der Waals surface area contributed by atoms with Crippen molar-refractivity contribution in [3.63, 3.8) is 0 Å². The first-order valence-electron chi connectivity index (χ1n) is 8.10. The SMILES string of the molecule is CC(C)(C)c1ccc(NC2=NC3CCCCC3CS2)cc1. The molecule has 3 rings (SSSR count). The number of nitrogens with one attached hydrogen (secondary N) is 1. The van der Waals surface area contributed by atoms with Crippen molar-refractivity contribution in [1.29, 1.82) is 0 Å². The Hall–Kier alpha value is -0.960. The number of hydrogen-bond donors (Lipinski definition) is 1. The molecule has 0 aromatic heterocycles. The van der Waals surface area contributed by atoms with E-state index in [1.807, 2.05) is 11.8 Å². The Bertz CT molecular complexity index is 513. The van der Waals surface area contributed by atoms with Crippen molar-refractivity contribution in [2.24, 2.45) is 10.9 Å². The maximum Gasteiger partial charge on any atom is 0.161 e. The molecular formula is C18H26N2S. The van der Waals surface area contributed by atoms with Gasteiger partial charge in [-0.1, -0.05) is 57.5 Å². The van der Waals surface area contributed by atoms with Crippen LogP contribution in [0.15, 0.2) is 29.3 Å². The lowest BCUT2D eigenvalue weighted by Crippen LogP contribution is -2.31. The molecule has 3 heteroatoms. The average molecular weight is 302 g/mol. The normalized spacial score (nSPS) is 26.0. The molecule has 114 valence electrons. The molecule has 1 heterocycles. The van der Waals surface area contributed by atoms with E-state index in [4.69, 9.17) is 4.99 Å². The van der Waals surface area contributed by atoms with E-state index < -0.39 is 0 Å². The van der Waals surface area contributed by atoms with Crippen LogP contribution in [0.5, 0.6) is 0 Å². The molecule has 1 N–H and O–H groups in total. The molecule has 0 spiro atoms. The largest absolute Gasteiger partial charge is 0.335 e. The number of anilines is 1. The van der Waals surface area contributed by atoms with E-state index in [2.05, 4.69) is 50.4 Å². The summed E-state index contributed by atoms with van der Waals surface area (Å²) in [6, 6.07) is 9.36. The lowest BCUT2D eigenvalue weighted by Gasteiger charge is -2.32. The van der Waals surface area contributed by atoms with Gasteiger partial charge in [0.2, 0.25) is 0 Å². The number of hydrogen-bond acceptors (Lipinski definition) is 3. The van der Waals surface area contributed by atoms with Crippen molar-refractivity contribution >= 4 is 22.6 Å². The Morgan fingerprint density at radius 2 is 1.81 bits per heavy atom. The van der Waals surface area contributed by atoms with Crippen LogP contribution >= 0.6 is 11.8 Å². The Kier molecular flexibility index (Phi) is 4.30. The molecule has 1 aliphatic carbocycles. The highest BCUT2D eigenvalue weighted by atomic mass is 32.2. The van der Waals surface area contributed by atoms with Crippen LogP contribution in [0.2, 0.25) is 0 Å². The predicted octanol–water partition coefficient (Wildman–Crippen LogP) is 5.06. The first-order valence-corrected chi connectivity index (χ1v) is 9.09. The topological polar surface area (TPSA) is 24.4 Å². The zero-order valence-corrected chi connectivity index (χ0v) is 14.2. The van der Waals surface area contributed by atoms with Crippen LogP contribution in [0.4, 0.5) is 5.69 Å². The molecular weight excluding hydrogens is 276 g/mol. The molecule has 2 atom stereocenters. The molecule has 0 amide bonds. The highest BCUT2D eigenvalue weighted by Gasteiger charge is 2.29. The fourth-order valence-corrected chi connectivity index (χ4v) is 4.33. The standard InChI is InChI=1S/C18H26N2S/c1-18(2,3)14-8-10-15(11-9-14)19-17-20-16-7-5-4-6-13(16)12-21-17/h8-11,13,16H,4-7,12H2,1-3H3,(H,19,20). The van der Waals surface area contributed by atoms with Gasteiger partial charge in [-0.2, -0.15) is 0 Å². The molecule has 2 aliphatic rings. The van der Waals surface area contributed by atoms with Crippen molar-refractivity contribution in [3.8, 4) is 0 Å². The molecule has 21 heavy (non-hydrogen) atoms. The van der Waals surface area contributed by atoms with E-state index in [1.165, 1.54) is 37.0 Å². The number of aliphatic imine (C=N–C) groups is 1. The number of benzene rings is 1. The summed E-state index contributed by atoms with van der Waals surface area (Å²) < 4.78 is 0. The number of fused-ring (bicyclic) bond motifs is 1. The van der Waals surface area contributed by atoms with Crippen LogP contribution in [0.1, 0.15) is 52.0 Å². The van der Waals surface area contributed by atoms with Crippen LogP contribution in [-0.2, 0) is 5.41 Å². The third-order valence-corrected chi connectivity index (χ3v) is 5.66. The molecule has 2 unspecified atom stereocenters. The fraction of sp³-hybridized carbons (Fsp3) is 0.611. The van der Waals surface area contributed by atoms with Crippen LogP contribution in [0, 0.1) is 5.92 Å². The highest BCUT2D eigenvalue weighted by Crippen LogP contribution is 2.34. The van der Waals surface area contributed by atoms with E-state index in [-0.39, 0.29) is 5.41 Å². The lowest BCUT2D eigenvalue weighted by molar-refractivity contribution is 0.336. The summed E-state index contributed by atoms with van der Waals surface area (Å²) in [6.45, 7) is 6.75. The van der Waals surface area contributed by atoms with Gasteiger partial charge < -0.3 is 5.32 Å². The smallest absolute Gasteiger partial charge is 0.161 e. The van der Waals surface area contributed by atoms with E-state index in [9.17, 15) is 0 Å². The number of thioether (sulfide) groups is 1. The van der Waals surface area contributed by atoms with Gasteiger partial charge in [0.1, 0.15) is 0 Å². The van der Waals surface area contributed by atoms with Crippen molar-refractivity contribution < 1.29 is 0 Å². The Morgan fingerprint density at radius 3 is 2.52 bits per heavy atom. The first-order chi connectivity index (χ1) is 10.0. The third-order valence-electron chi connectivity index (χ3n) is 4.59. The Balaban J connectivity index is 1.68. The maximum atomic E-state index is 4.94. The summed E-state index contributed by atoms with van der Waals surface area (Å²) >= 11 is 1.89. The second-order valence-corrected chi connectivity index (χ2v) is 8.32. The molecule has 1 aromatic rings. The summed E-state index contributed by atoms with van der Waals surface area (Å²) in [6.07, 6.45) is 5.39. The van der Waals surface area contributed by atoms with E-state index in [1.54, 1.807) is 0 Å². The van der Waals surface area contributed by atoms with Gasteiger partial charge in [-0.25, -0.2) is 0 Å². The van der Waals surface area contributed by atoms with Crippen LogP contribution in [0.3, 0.4) is 0 Å². The second-order valence-electron chi connectivity index (χ2n) is 7.31. The summed E-state index contributed by atoms with van der Waals surface area (Å²) in [5.74, 6) is 2.05. The van der Waals surface area contributed by atoms with Crippen LogP contribution < -0.4 is 5.32 Å². The molecule has 1 aromatic carbocycles. The predicted molar refractivity (Wildman–Crippen MR) is 94.4 cm³/mol. The molecule has 1 saturated carbocycles. The Labute approximate surface area is 132 Å². The number of nitrogens with zero attached hydrogens (tertiary/aromatic N) is 1. The average Bonchev–Trinajstić information content (AvgIpc) is 2.47. The summed E-state index contributed by atoms with van der Waals surface area (Å²) in [7, 11) is 0. The van der Waals surface area contributed by atoms with Gasteiger partial charge >= 0.3 is 0 Å². The van der Waals surface area contributed by atoms with Crippen molar-refractivity contribution in [1.82, 2.24) is 0 Å². The zero-order valence-electron chi connectivity index (χ0n) is 13.4. The van der Waals surface area contributed by atoms with Gasteiger partial charge in [0.25, 0.3) is 0 Å². The van der Waals surface area contributed by atoms with Crippen LogP contribution in [-0.4, -0.2) is 17.0 Å². The molecule has 1 fully saturated rings. The van der Waals surface area contributed by atoms with Gasteiger partial charge in [-0.3, -0.25) is 4.99 Å². The van der Waals surface area contributed by atoms with Gasteiger partial charge in [0.15, 0.2) is 5.17 Å². The molecule has 1 aliphatic heterocycles. The summed E-state index contributed by atoms with van der Waals surface area (Å²) in [4.78, 5) is 4.94. The molecule has 0 bridgehead atoms. The molecule has 2 nitrogen and oxygen atoms in total. The van der Waals surface area contributed by atoms with Gasteiger partial charge in [0.05, 0.1) is 6.04 Å². The van der Waals surface area contributed by atoms with E-state index in [0.29, 0.717) is 6.04 Å². The minimum atomic E-state index is 0.213. The second kappa shape index (κ2) is 6.04. The van der Waals surface area contributed by atoms with E-state index in [0.717, 1.165) is 16.8 Å². The minimum Gasteiger partial charge on any atom is -0.335 e. The van der Waals surface area contributed by atoms with Gasteiger partial charge in [0, 0.05) is 11.4 Å². The molecule has 0 radical (unpaired) electrons. The maximum absolute atomic E-state index is 4.94. The minimum absolute atomic E-state index is 0.213. The van der Waals surface area contributed by atoms with Crippen molar-refractivity contribution in [2.75, 3.05) is 11.1 Å². The van der Waals surface area contributed by atoms with Gasteiger partial charge in [-0.15, -0.1) is 0 Å². The van der Waals surface area contributed by atoms with Crippen LogP contribution in [0.25, 0.3) is 0 Å². The van der Waals surface area contributed by atoms with E-state index >= 15 is 0 Å². The monoisotopic (exact) mass is 302 g/mol. The summed E-state index contributed by atoms with van der Waals surface area (Å²) in [5.41, 5.74) is 2.74. The number of amidine groups is 1. The van der Waals surface area contributed by atoms with Gasteiger partial charge in [-0.05, 0) is 41.9 Å². The molecule has 0 saturated heterocycles. The van der Waals surface area contributed by atoms with Crippen molar-refractivity contribution in [3.05, 3.63) is 29.8 Å². The third kappa shape index (κ3) is 3.63. The number of rotatable bonds is 1. The first kappa shape index (κ1) is 15.0.